The van der Waals surface area contributed by atoms with Crippen LogP contribution in [0.25, 0.3) is 0 Å². The van der Waals surface area contributed by atoms with Crippen LogP contribution in [-0.4, -0.2) is 5.91 Å². The number of nitrogens with one attached hydrogen (secondary N) is 1. The summed E-state index contributed by atoms with van der Waals surface area (Å²) in [6, 6.07) is 9.03. The predicted molar refractivity (Wildman–Crippen MR) is 84.8 cm³/mol. The van der Waals surface area contributed by atoms with Crippen LogP contribution < -0.4 is 5.32 Å². The van der Waals surface area contributed by atoms with E-state index in [9.17, 15) is 4.79 Å². The van der Waals surface area contributed by atoms with Crippen molar-refractivity contribution in [1.82, 2.24) is 5.32 Å². The van der Waals surface area contributed by atoms with Crippen molar-refractivity contribution in [3.05, 3.63) is 57.5 Å². The first-order valence-corrected chi connectivity index (χ1v) is 7.51. The Balaban J connectivity index is 1.89. The first kappa shape index (κ1) is 15.9. The van der Waals surface area contributed by atoms with Gasteiger partial charge in [0, 0.05) is 6.42 Å². The van der Waals surface area contributed by atoms with Gasteiger partial charge in [-0.2, -0.15) is 0 Å². The second-order valence-corrected chi connectivity index (χ2v) is 5.74. The van der Waals surface area contributed by atoms with E-state index in [-0.39, 0.29) is 11.9 Å². The molecule has 0 spiro atoms. The van der Waals surface area contributed by atoms with Crippen molar-refractivity contribution in [2.45, 2.75) is 32.7 Å². The largest absolute Gasteiger partial charge is 0.464 e. The van der Waals surface area contributed by atoms with Crippen LogP contribution in [0, 0.1) is 6.92 Å². The van der Waals surface area contributed by atoms with E-state index in [1.807, 2.05) is 38.1 Å². The molecule has 1 N–H and O–H groups in total. The molecule has 3 nitrogen and oxygen atoms in total. The Morgan fingerprint density at radius 3 is 2.71 bits per heavy atom. The normalized spacial score (nSPS) is 12.2. The number of furan rings is 1. The number of rotatable bonds is 5. The lowest BCUT2D eigenvalue weighted by atomic mass is 10.1. The van der Waals surface area contributed by atoms with E-state index < -0.39 is 0 Å². The molecular weight excluding hydrogens is 309 g/mol. The number of carbonyl (C=O) groups is 1. The van der Waals surface area contributed by atoms with Crippen LogP contribution in [0.5, 0.6) is 0 Å². The van der Waals surface area contributed by atoms with Crippen molar-refractivity contribution in [1.29, 1.82) is 0 Å². The fourth-order valence-corrected chi connectivity index (χ4v) is 2.48. The van der Waals surface area contributed by atoms with Gasteiger partial charge in [-0.15, -0.1) is 0 Å². The number of hydrogen-bond donors (Lipinski definition) is 1. The van der Waals surface area contributed by atoms with Crippen LogP contribution in [0.3, 0.4) is 0 Å². The SMILES string of the molecule is Cc1ccc(C(C)NC(=O)CCc2cccc(Cl)c2Cl)o1. The van der Waals surface area contributed by atoms with Gasteiger partial charge in [-0.1, -0.05) is 35.3 Å². The minimum atomic E-state index is -0.152. The first-order valence-electron chi connectivity index (χ1n) is 6.76. The molecule has 0 saturated carbocycles. The highest BCUT2D eigenvalue weighted by molar-refractivity contribution is 6.42. The summed E-state index contributed by atoms with van der Waals surface area (Å²) < 4.78 is 5.49. The standard InChI is InChI=1S/C16H17Cl2NO2/c1-10-6-8-14(21-10)11(2)19-15(20)9-7-12-4-3-5-13(17)16(12)18/h3-6,8,11H,7,9H2,1-2H3,(H,19,20). The molecule has 0 bridgehead atoms. The number of aryl methyl sites for hydroxylation is 2. The molecule has 0 aliphatic rings. The molecule has 5 heteroatoms. The van der Waals surface area contributed by atoms with E-state index in [1.165, 1.54) is 0 Å². The van der Waals surface area contributed by atoms with Crippen molar-refractivity contribution in [3.63, 3.8) is 0 Å². The smallest absolute Gasteiger partial charge is 0.220 e. The van der Waals surface area contributed by atoms with Gasteiger partial charge in [0.25, 0.3) is 0 Å². The molecule has 1 aromatic heterocycles. The lowest BCUT2D eigenvalue weighted by Gasteiger charge is -2.12. The molecule has 112 valence electrons. The van der Waals surface area contributed by atoms with Crippen molar-refractivity contribution >= 4 is 29.1 Å². The van der Waals surface area contributed by atoms with Gasteiger partial charge in [-0.05, 0) is 44.0 Å². The third-order valence-electron chi connectivity index (χ3n) is 3.22. The molecule has 1 aromatic carbocycles. The van der Waals surface area contributed by atoms with Gasteiger partial charge < -0.3 is 9.73 Å². The Labute approximate surface area is 134 Å². The van der Waals surface area contributed by atoms with Gasteiger partial charge in [-0.25, -0.2) is 0 Å². The number of hydrogen-bond acceptors (Lipinski definition) is 2. The molecule has 1 unspecified atom stereocenters. The van der Waals surface area contributed by atoms with E-state index >= 15 is 0 Å². The summed E-state index contributed by atoms with van der Waals surface area (Å²) in [5.41, 5.74) is 0.876. The number of benzene rings is 1. The third kappa shape index (κ3) is 4.26. The molecule has 0 radical (unpaired) electrons. The lowest BCUT2D eigenvalue weighted by molar-refractivity contribution is -0.121. The van der Waals surface area contributed by atoms with Crippen molar-refractivity contribution in [2.75, 3.05) is 0 Å². The molecule has 2 aromatic rings. The fourth-order valence-electron chi connectivity index (χ4n) is 2.06. The minimum Gasteiger partial charge on any atom is -0.464 e. The van der Waals surface area contributed by atoms with Gasteiger partial charge in [0.05, 0.1) is 16.1 Å². The highest BCUT2D eigenvalue weighted by Gasteiger charge is 2.13. The molecule has 0 fully saturated rings. The first-order chi connectivity index (χ1) is 9.97. The zero-order chi connectivity index (χ0) is 15.4. The Hall–Kier alpha value is -1.45. The molecule has 0 saturated heterocycles. The Kier molecular flexibility index (Phi) is 5.32. The van der Waals surface area contributed by atoms with E-state index in [0.717, 1.165) is 17.1 Å². The van der Waals surface area contributed by atoms with Crippen molar-refractivity contribution in [2.24, 2.45) is 0 Å². The summed E-state index contributed by atoms with van der Waals surface area (Å²) >= 11 is 12.1. The van der Waals surface area contributed by atoms with Crippen molar-refractivity contribution < 1.29 is 9.21 Å². The minimum absolute atomic E-state index is 0.0485. The van der Waals surface area contributed by atoms with E-state index in [4.69, 9.17) is 27.6 Å². The summed E-state index contributed by atoms with van der Waals surface area (Å²) in [6.07, 6.45) is 0.902. The van der Waals surface area contributed by atoms with E-state index in [2.05, 4.69) is 5.32 Å². The van der Waals surface area contributed by atoms with Gasteiger partial charge in [0.15, 0.2) is 0 Å². The van der Waals surface area contributed by atoms with Gasteiger partial charge in [-0.3, -0.25) is 4.79 Å². The molecule has 1 amide bonds. The zero-order valence-electron chi connectivity index (χ0n) is 12.0. The average molecular weight is 326 g/mol. The molecule has 2 rings (SSSR count). The Morgan fingerprint density at radius 1 is 1.29 bits per heavy atom. The van der Waals surface area contributed by atoms with Crippen LogP contribution in [-0.2, 0) is 11.2 Å². The van der Waals surface area contributed by atoms with Crippen molar-refractivity contribution in [3.8, 4) is 0 Å². The molecule has 0 aliphatic carbocycles. The Bertz CT molecular complexity index is 637. The molecule has 0 aliphatic heterocycles. The van der Waals surface area contributed by atoms with Gasteiger partial charge >= 0.3 is 0 Å². The monoisotopic (exact) mass is 325 g/mol. The summed E-state index contributed by atoms with van der Waals surface area (Å²) in [5.74, 6) is 1.53. The number of amides is 1. The van der Waals surface area contributed by atoms with E-state index in [0.29, 0.717) is 22.9 Å². The highest BCUT2D eigenvalue weighted by Crippen LogP contribution is 2.26. The van der Waals surface area contributed by atoms with Crippen LogP contribution in [0.2, 0.25) is 10.0 Å². The van der Waals surface area contributed by atoms with Crippen LogP contribution >= 0.6 is 23.2 Å². The number of carbonyl (C=O) groups excluding carboxylic acids is 1. The molecule has 21 heavy (non-hydrogen) atoms. The third-order valence-corrected chi connectivity index (χ3v) is 4.08. The molecule has 1 atom stereocenters. The predicted octanol–water partition coefficient (Wildman–Crippen LogP) is 4.70. The molecular formula is C16H17Cl2NO2. The summed E-state index contributed by atoms with van der Waals surface area (Å²) in [6.45, 7) is 3.77. The quantitative estimate of drug-likeness (QED) is 0.865. The summed E-state index contributed by atoms with van der Waals surface area (Å²) in [5, 5.41) is 3.93. The number of halogens is 2. The van der Waals surface area contributed by atoms with Crippen LogP contribution in [0.4, 0.5) is 0 Å². The second-order valence-electron chi connectivity index (χ2n) is 4.95. The maximum atomic E-state index is 12.0. The topological polar surface area (TPSA) is 42.2 Å². The second kappa shape index (κ2) is 7.01. The highest BCUT2D eigenvalue weighted by atomic mass is 35.5. The average Bonchev–Trinajstić information content (AvgIpc) is 2.87. The fraction of sp³-hybridized carbons (Fsp3) is 0.312. The lowest BCUT2D eigenvalue weighted by Crippen LogP contribution is -2.26. The van der Waals surface area contributed by atoms with E-state index in [1.54, 1.807) is 6.07 Å². The van der Waals surface area contributed by atoms with Crippen LogP contribution in [0.1, 0.15) is 36.5 Å². The summed E-state index contributed by atoms with van der Waals surface area (Å²) in [4.78, 5) is 12.0. The maximum Gasteiger partial charge on any atom is 0.220 e. The van der Waals surface area contributed by atoms with Gasteiger partial charge in [0.1, 0.15) is 11.5 Å². The maximum absolute atomic E-state index is 12.0. The Morgan fingerprint density at radius 2 is 2.05 bits per heavy atom. The summed E-state index contributed by atoms with van der Waals surface area (Å²) in [7, 11) is 0. The van der Waals surface area contributed by atoms with Crippen LogP contribution in [0.15, 0.2) is 34.7 Å². The molecule has 1 heterocycles. The van der Waals surface area contributed by atoms with Gasteiger partial charge in [0.2, 0.25) is 5.91 Å². The zero-order valence-corrected chi connectivity index (χ0v) is 13.5.